The molecule has 0 saturated carbocycles. The largest absolute Gasteiger partial charge is 0.0587 e. The summed E-state index contributed by atoms with van der Waals surface area (Å²) >= 11 is 3.45. The van der Waals surface area contributed by atoms with Crippen molar-refractivity contribution < 1.29 is 0 Å². The summed E-state index contributed by atoms with van der Waals surface area (Å²) in [6, 6.07) is 15.0. The van der Waals surface area contributed by atoms with Crippen LogP contribution in [0.15, 0.2) is 46.9 Å². The molecule has 2 rings (SSSR count). The van der Waals surface area contributed by atoms with Gasteiger partial charge in [-0.15, -0.1) is 0 Å². The number of benzene rings is 2. The zero-order chi connectivity index (χ0) is 10.8. The maximum atomic E-state index is 3.45. The molecule has 76 valence electrons. The highest BCUT2D eigenvalue weighted by Crippen LogP contribution is 2.25. The summed E-state index contributed by atoms with van der Waals surface area (Å²) in [5, 5.41) is 0. The van der Waals surface area contributed by atoms with Gasteiger partial charge < -0.3 is 0 Å². The lowest BCUT2D eigenvalue weighted by atomic mass is 9.99. The van der Waals surface area contributed by atoms with Crippen LogP contribution in [0.5, 0.6) is 0 Å². The van der Waals surface area contributed by atoms with Gasteiger partial charge in [0, 0.05) is 4.47 Å². The van der Waals surface area contributed by atoms with Crippen molar-refractivity contribution in [1.82, 2.24) is 0 Å². The van der Waals surface area contributed by atoms with Gasteiger partial charge in [0.15, 0.2) is 0 Å². The molecule has 2 aromatic rings. The fraction of sp³-hybridized carbons (Fsp3) is 0.143. The Hall–Kier alpha value is -1.08. The van der Waals surface area contributed by atoms with Crippen LogP contribution in [-0.4, -0.2) is 0 Å². The third-order valence-electron chi connectivity index (χ3n) is 2.54. The minimum Gasteiger partial charge on any atom is -0.0587 e. The highest BCUT2D eigenvalue weighted by molar-refractivity contribution is 9.10. The number of hydrogen-bond acceptors (Lipinski definition) is 0. The van der Waals surface area contributed by atoms with Crippen LogP contribution in [0, 0.1) is 13.8 Å². The van der Waals surface area contributed by atoms with Crippen LogP contribution in [0.25, 0.3) is 11.1 Å². The predicted molar refractivity (Wildman–Crippen MR) is 69.1 cm³/mol. The molecule has 0 aliphatic rings. The van der Waals surface area contributed by atoms with Gasteiger partial charge in [-0.25, -0.2) is 0 Å². The molecule has 0 aliphatic carbocycles. The molecule has 0 aromatic heterocycles. The van der Waals surface area contributed by atoms with Crippen molar-refractivity contribution in [2.75, 3.05) is 0 Å². The lowest BCUT2D eigenvalue weighted by molar-refractivity contribution is 1.38. The first kappa shape index (κ1) is 10.4. The predicted octanol–water partition coefficient (Wildman–Crippen LogP) is 4.73. The zero-order valence-corrected chi connectivity index (χ0v) is 10.5. The quantitative estimate of drug-likeness (QED) is 0.696. The normalized spacial score (nSPS) is 10.3. The van der Waals surface area contributed by atoms with E-state index in [0.717, 1.165) is 4.47 Å². The Labute approximate surface area is 99.1 Å². The number of halogens is 1. The van der Waals surface area contributed by atoms with Crippen molar-refractivity contribution in [2.24, 2.45) is 0 Å². The molecule has 15 heavy (non-hydrogen) atoms. The van der Waals surface area contributed by atoms with Crippen molar-refractivity contribution in [3.05, 3.63) is 58.1 Å². The molecule has 1 heteroatoms. The maximum absolute atomic E-state index is 3.45. The molecule has 0 saturated heterocycles. The average molecular weight is 261 g/mol. The second-order valence-electron chi connectivity index (χ2n) is 3.83. The molecule has 0 bridgehead atoms. The van der Waals surface area contributed by atoms with E-state index >= 15 is 0 Å². The van der Waals surface area contributed by atoms with Crippen molar-refractivity contribution >= 4 is 15.9 Å². The molecule has 0 unspecified atom stereocenters. The lowest BCUT2D eigenvalue weighted by Crippen LogP contribution is -1.84. The Kier molecular flexibility index (Phi) is 2.92. The van der Waals surface area contributed by atoms with Crippen LogP contribution in [0.1, 0.15) is 11.1 Å². The lowest BCUT2D eigenvalue weighted by Gasteiger charge is -2.07. The monoisotopic (exact) mass is 260 g/mol. The third-order valence-corrected chi connectivity index (χ3v) is 3.07. The van der Waals surface area contributed by atoms with E-state index in [-0.39, 0.29) is 0 Å². The van der Waals surface area contributed by atoms with E-state index in [0.29, 0.717) is 0 Å². The first-order valence-corrected chi connectivity index (χ1v) is 5.79. The van der Waals surface area contributed by atoms with E-state index in [2.05, 4.69) is 72.2 Å². The number of rotatable bonds is 1. The van der Waals surface area contributed by atoms with Gasteiger partial charge in [0.25, 0.3) is 0 Å². The summed E-state index contributed by atoms with van der Waals surface area (Å²) in [6.07, 6.45) is 0. The van der Waals surface area contributed by atoms with Crippen LogP contribution in [0.4, 0.5) is 0 Å². The molecular weight excluding hydrogens is 248 g/mol. The summed E-state index contributed by atoms with van der Waals surface area (Å²) in [6.45, 7) is 4.28. The standard InChI is InChI=1S/C14H13Br/c1-10-3-8-14(11(2)9-10)12-4-6-13(15)7-5-12/h3-9H,1-2H3. The van der Waals surface area contributed by atoms with Crippen LogP contribution >= 0.6 is 15.9 Å². The number of hydrogen-bond donors (Lipinski definition) is 0. The highest BCUT2D eigenvalue weighted by Gasteiger charge is 2.01. The van der Waals surface area contributed by atoms with E-state index in [1.54, 1.807) is 0 Å². The first-order valence-electron chi connectivity index (χ1n) is 5.00. The van der Waals surface area contributed by atoms with Crippen molar-refractivity contribution in [2.45, 2.75) is 13.8 Å². The van der Waals surface area contributed by atoms with Gasteiger partial charge in [-0.3, -0.25) is 0 Å². The summed E-state index contributed by atoms with van der Waals surface area (Å²) < 4.78 is 1.12. The van der Waals surface area contributed by atoms with Gasteiger partial charge >= 0.3 is 0 Å². The van der Waals surface area contributed by atoms with E-state index in [4.69, 9.17) is 0 Å². The Morgan fingerprint density at radius 2 is 1.53 bits per heavy atom. The van der Waals surface area contributed by atoms with Crippen molar-refractivity contribution in [3.63, 3.8) is 0 Å². The van der Waals surface area contributed by atoms with Crippen LogP contribution in [0.3, 0.4) is 0 Å². The zero-order valence-electron chi connectivity index (χ0n) is 8.92. The second kappa shape index (κ2) is 4.19. The molecule has 0 aliphatic heterocycles. The summed E-state index contributed by atoms with van der Waals surface area (Å²) in [7, 11) is 0. The van der Waals surface area contributed by atoms with E-state index in [1.165, 1.54) is 22.3 Å². The minimum atomic E-state index is 1.12. The molecule has 0 spiro atoms. The molecule has 2 aromatic carbocycles. The summed E-state index contributed by atoms with van der Waals surface area (Å²) in [4.78, 5) is 0. The molecule has 0 nitrogen and oxygen atoms in total. The molecular formula is C14H13Br. The fourth-order valence-electron chi connectivity index (χ4n) is 1.77. The molecule has 0 N–H and O–H groups in total. The Morgan fingerprint density at radius 1 is 0.867 bits per heavy atom. The van der Waals surface area contributed by atoms with Gasteiger partial charge in [0.05, 0.1) is 0 Å². The van der Waals surface area contributed by atoms with Crippen LogP contribution in [0.2, 0.25) is 0 Å². The fourth-order valence-corrected chi connectivity index (χ4v) is 2.03. The van der Waals surface area contributed by atoms with Gasteiger partial charge in [-0.1, -0.05) is 51.8 Å². The van der Waals surface area contributed by atoms with Gasteiger partial charge in [-0.2, -0.15) is 0 Å². The Morgan fingerprint density at radius 3 is 2.13 bits per heavy atom. The second-order valence-corrected chi connectivity index (χ2v) is 4.74. The molecule has 0 heterocycles. The molecule has 0 amide bonds. The minimum absolute atomic E-state index is 1.12. The topological polar surface area (TPSA) is 0 Å². The van der Waals surface area contributed by atoms with E-state index < -0.39 is 0 Å². The highest BCUT2D eigenvalue weighted by atomic mass is 79.9. The van der Waals surface area contributed by atoms with Gasteiger partial charge in [-0.05, 0) is 42.7 Å². The SMILES string of the molecule is Cc1ccc(-c2ccc(Br)cc2)c(C)c1. The van der Waals surface area contributed by atoms with E-state index in [9.17, 15) is 0 Å². The summed E-state index contributed by atoms with van der Waals surface area (Å²) in [5.41, 5.74) is 5.23. The Bertz CT molecular complexity index is 469. The first-order chi connectivity index (χ1) is 7.16. The summed E-state index contributed by atoms with van der Waals surface area (Å²) in [5.74, 6) is 0. The molecule has 0 fully saturated rings. The molecule has 0 atom stereocenters. The molecule has 0 radical (unpaired) electrons. The Balaban J connectivity index is 2.49. The van der Waals surface area contributed by atoms with Crippen molar-refractivity contribution in [3.8, 4) is 11.1 Å². The van der Waals surface area contributed by atoms with E-state index in [1.807, 2.05) is 0 Å². The van der Waals surface area contributed by atoms with Crippen LogP contribution < -0.4 is 0 Å². The smallest absolute Gasteiger partial charge is 0.0175 e. The van der Waals surface area contributed by atoms with Gasteiger partial charge in [0.1, 0.15) is 0 Å². The maximum Gasteiger partial charge on any atom is 0.0175 e. The number of aryl methyl sites for hydroxylation is 2. The average Bonchev–Trinajstić information content (AvgIpc) is 2.20. The van der Waals surface area contributed by atoms with Gasteiger partial charge in [0.2, 0.25) is 0 Å². The van der Waals surface area contributed by atoms with Crippen LogP contribution in [-0.2, 0) is 0 Å². The van der Waals surface area contributed by atoms with Crippen molar-refractivity contribution in [1.29, 1.82) is 0 Å². The third kappa shape index (κ3) is 2.29.